The van der Waals surface area contributed by atoms with Gasteiger partial charge in [0.2, 0.25) is 0 Å². The lowest BCUT2D eigenvalue weighted by atomic mass is 9.86. The zero-order valence-corrected chi connectivity index (χ0v) is 14.0. The van der Waals surface area contributed by atoms with Crippen LogP contribution in [0.2, 0.25) is 0 Å². The highest BCUT2D eigenvalue weighted by Gasteiger charge is 2.32. The number of amides is 2. The summed E-state index contributed by atoms with van der Waals surface area (Å²) in [5, 5.41) is 5.75. The summed E-state index contributed by atoms with van der Waals surface area (Å²) in [4.78, 5) is 12.1. The highest BCUT2D eigenvalue weighted by molar-refractivity contribution is 5.90. The van der Waals surface area contributed by atoms with E-state index < -0.39 is 5.79 Å². The van der Waals surface area contributed by atoms with Crippen molar-refractivity contribution < 1.29 is 14.3 Å². The Morgan fingerprint density at radius 1 is 1.32 bits per heavy atom. The van der Waals surface area contributed by atoms with Crippen LogP contribution in [0.4, 0.5) is 10.5 Å². The molecule has 1 aliphatic rings. The fourth-order valence-corrected chi connectivity index (χ4v) is 2.48. The minimum Gasteiger partial charge on any atom is -0.348 e. The van der Waals surface area contributed by atoms with Crippen molar-refractivity contribution in [1.29, 1.82) is 0 Å². The van der Waals surface area contributed by atoms with Crippen LogP contribution in [-0.4, -0.2) is 31.1 Å². The second-order valence-electron chi connectivity index (χ2n) is 7.08. The van der Waals surface area contributed by atoms with Crippen molar-refractivity contribution in [3.8, 4) is 0 Å². The van der Waals surface area contributed by atoms with Crippen molar-refractivity contribution in [2.24, 2.45) is 0 Å². The highest BCUT2D eigenvalue weighted by Crippen LogP contribution is 2.29. The van der Waals surface area contributed by atoms with E-state index in [9.17, 15) is 4.79 Å². The molecule has 1 aliphatic heterocycles. The lowest BCUT2D eigenvalue weighted by molar-refractivity contribution is -0.137. The molecule has 0 aromatic heterocycles. The van der Waals surface area contributed by atoms with Crippen LogP contribution >= 0.6 is 0 Å². The molecule has 5 heteroatoms. The number of carbonyl (C=O) groups excluding carboxylic acids is 1. The third-order valence-electron chi connectivity index (χ3n) is 3.54. The summed E-state index contributed by atoms with van der Waals surface area (Å²) in [7, 11) is 0. The summed E-state index contributed by atoms with van der Waals surface area (Å²) < 4.78 is 11.1. The zero-order chi connectivity index (χ0) is 16.4. The third kappa shape index (κ3) is 4.45. The minimum atomic E-state index is -0.568. The summed E-state index contributed by atoms with van der Waals surface area (Å²) in [6.07, 6.45) is -0.112. The van der Waals surface area contributed by atoms with E-state index in [1.165, 1.54) is 0 Å². The van der Waals surface area contributed by atoms with Crippen molar-refractivity contribution in [1.82, 2.24) is 5.32 Å². The normalized spacial score (nSPS) is 20.7. The second kappa shape index (κ2) is 6.26. The largest absolute Gasteiger partial charge is 0.348 e. The predicted octanol–water partition coefficient (Wildman–Crippen LogP) is 3.26. The Labute approximate surface area is 132 Å². The number of hydrogen-bond donors (Lipinski definition) is 2. The van der Waals surface area contributed by atoms with Gasteiger partial charge in [0, 0.05) is 12.2 Å². The molecular weight excluding hydrogens is 280 g/mol. The fourth-order valence-electron chi connectivity index (χ4n) is 2.48. The summed E-state index contributed by atoms with van der Waals surface area (Å²) in [6, 6.07) is 7.62. The number of anilines is 1. The van der Waals surface area contributed by atoms with Crippen LogP contribution in [0.3, 0.4) is 0 Å². The molecule has 1 unspecified atom stereocenters. The number of para-hydroxylation sites is 1. The molecular formula is C17H26N2O3. The van der Waals surface area contributed by atoms with Gasteiger partial charge in [0.25, 0.3) is 0 Å². The van der Waals surface area contributed by atoms with E-state index in [0.717, 1.165) is 11.3 Å². The van der Waals surface area contributed by atoms with Crippen LogP contribution in [0.25, 0.3) is 0 Å². The molecule has 0 radical (unpaired) electrons. The topological polar surface area (TPSA) is 59.6 Å². The van der Waals surface area contributed by atoms with Crippen molar-refractivity contribution in [2.75, 3.05) is 18.5 Å². The van der Waals surface area contributed by atoms with Crippen LogP contribution in [0.5, 0.6) is 0 Å². The zero-order valence-electron chi connectivity index (χ0n) is 14.0. The van der Waals surface area contributed by atoms with Gasteiger partial charge in [0.1, 0.15) is 6.10 Å². The molecule has 2 rings (SSSR count). The van der Waals surface area contributed by atoms with E-state index >= 15 is 0 Å². The SMILES string of the molecule is CC1(C)OCC(CNC(=O)Nc2ccccc2C(C)(C)C)O1. The number of rotatable bonds is 3. The second-order valence-corrected chi connectivity index (χ2v) is 7.08. The number of carbonyl (C=O) groups is 1. The number of benzene rings is 1. The highest BCUT2D eigenvalue weighted by atomic mass is 16.7. The molecule has 1 fully saturated rings. The standard InChI is InChI=1S/C17H26N2O3/c1-16(2,3)13-8-6-7-9-14(13)19-15(20)18-10-12-11-21-17(4,5)22-12/h6-9,12H,10-11H2,1-5H3,(H2,18,19,20). The van der Waals surface area contributed by atoms with Gasteiger partial charge in [-0.15, -0.1) is 0 Å². The fraction of sp³-hybridized carbons (Fsp3) is 0.588. The van der Waals surface area contributed by atoms with E-state index in [1.54, 1.807) is 0 Å². The molecule has 1 saturated heterocycles. The van der Waals surface area contributed by atoms with Gasteiger partial charge in [0.05, 0.1) is 6.61 Å². The molecule has 2 amide bonds. The maximum Gasteiger partial charge on any atom is 0.319 e. The van der Waals surface area contributed by atoms with Crippen LogP contribution in [0, 0.1) is 0 Å². The van der Waals surface area contributed by atoms with Gasteiger partial charge in [-0.3, -0.25) is 0 Å². The van der Waals surface area contributed by atoms with Crippen LogP contribution < -0.4 is 10.6 Å². The lowest BCUT2D eigenvalue weighted by Gasteiger charge is -2.23. The molecule has 2 N–H and O–H groups in total. The molecule has 0 bridgehead atoms. The summed E-state index contributed by atoms with van der Waals surface area (Å²) in [5.41, 5.74) is 1.90. The first-order valence-electron chi connectivity index (χ1n) is 7.63. The van der Waals surface area contributed by atoms with Crippen LogP contribution in [0.15, 0.2) is 24.3 Å². The molecule has 5 nitrogen and oxygen atoms in total. The van der Waals surface area contributed by atoms with E-state index in [1.807, 2.05) is 38.1 Å². The van der Waals surface area contributed by atoms with E-state index in [-0.39, 0.29) is 17.6 Å². The van der Waals surface area contributed by atoms with Gasteiger partial charge < -0.3 is 20.1 Å². The minimum absolute atomic E-state index is 0.0314. The Kier molecular flexibility index (Phi) is 4.78. The quantitative estimate of drug-likeness (QED) is 0.901. The Balaban J connectivity index is 1.91. The van der Waals surface area contributed by atoms with Gasteiger partial charge in [-0.25, -0.2) is 4.79 Å². The van der Waals surface area contributed by atoms with E-state index in [4.69, 9.17) is 9.47 Å². The average Bonchev–Trinajstić information content (AvgIpc) is 2.75. The number of urea groups is 1. The van der Waals surface area contributed by atoms with E-state index in [0.29, 0.717) is 13.2 Å². The van der Waals surface area contributed by atoms with Gasteiger partial charge in [-0.2, -0.15) is 0 Å². The Hall–Kier alpha value is -1.59. The monoisotopic (exact) mass is 306 g/mol. The summed E-state index contributed by atoms with van der Waals surface area (Å²) in [6.45, 7) is 11.0. The maximum atomic E-state index is 12.1. The van der Waals surface area contributed by atoms with Crippen LogP contribution in [0.1, 0.15) is 40.2 Å². The molecule has 0 saturated carbocycles. The number of ether oxygens (including phenoxy) is 2. The molecule has 1 heterocycles. The molecule has 122 valence electrons. The first kappa shape index (κ1) is 16.8. The van der Waals surface area contributed by atoms with Gasteiger partial charge in [-0.05, 0) is 30.9 Å². The number of hydrogen-bond acceptors (Lipinski definition) is 3. The smallest absolute Gasteiger partial charge is 0.319 e. The predicted molar refractivity (Wildman–Crippen MR) is 87.1 cm³/mol. The summed E-state index contributed by atoms with van der Waals surface area (Å²) >= 11 is 0. The van der Waals surface area contributed by atoms with E-state index in [2.05, 4.69) is 31.4 Å². The molecule has 1 aromatic rings. The molecule has 0 spiro atoms. The molecule has 22 heavy (non-hydrogen) atoms. The Morgan fingerprint density at radius 3 is 2.59 bits per heavy atom. The molecule has 0 aliphatic carbocycles. The average molecular weight is 306 g/mol. The Bertz CT molecular complexity index is 535. The van der Waals surface area contributed by atoms with Gasteiger partial charge in [-0.1, -0.05) is 39.0 Å². The van der Waals surface area contributed by atoms with Gasteiger partial charge in [0.15, 0.2) is 5.79 Å². The van der Waals surface area contributed by atoms with Crippen molar-refractivity contribution >= 4 is 11.7 Å². The summed E-state index contributed by atoms with van der Waals surface area (Å²) in [5.74, 6) is -0.568. The first-order chi connectivity index (χ1) is 10.2. The van der Waals surface area contributed by atoms with Crippen molar-refractivity contribution in [3.63, 3.8) is 0 Å². The lowest BCUT2D eigenvalue weighted by Crippen LogP contribution is -2.37. The molecule has 1 aromatic carbocycles. The maximum absolute atomic E-state index is 12.1. The molecule has 1 atom stereocenters. The van der Waals surface area contributed by atoms with Gasteiger partial charge >= 0.3 is 6.03 Å². The number of nitrogens with one attached hydrogen (secondary N) is 2. The third-order valence-corrected chi connectivity index (χ3v) is 3.54. The first-order valence-corrected chi connectivity index (χ1v) is 7.63. The van der Waals surface area contributed by atoms with Crippen LogP contribution in [-0.2, 0) is 14.9 Å². The van der Waals surface area contributed by atoms with Crippen molar-refractivity contribution in [3.05, 3.63) is 29.8 Å². The van der Waals surface area contributed by atoms with Crippen molar-refractivity contribution in [2.45, 2.75) is 51.9 Å². The Morgan fingerprint density at radius 2 is 2.00 bits per heavy atom.